The van der Waals surface area contributed by atoms with Crippen molar-refractivity contribution in [3.8, 4) is 0 Å². The molecule has 34 heavy (non-hydrogen) atoms. The molecule has 2 saturated heterocycles. The van der Waals surface area contributed by atoms with Crippen LogP contribution in [-0.4, -0.2) is 78.2 Å². The lowest BCUT2D eigenvalue weighted by atomic mass is 9.71. The third kappa shape index (κ3) is 4.03. The second kappa shape index (κ2) is 9.87. The summed E-state index contributed by atoms with van der Waals surface area (Å²) in [4.78, 5) is 57.4. The molecular weight excluding hydrogens is 438 g/mol. The van der Waals surface area contributed by atoms with Crippen LogP contribution in [0.3, 0.4) is 0 Å². The summed E-state index contributed by atoms with van der Waals surface area (Å²) in [6, 6.07) is 3.28. The molecule has 3 aliphatic rings. The summed E-state index contributed by atoms with van der Waals surface area (Å²) in [5.74, 6) is -1.66. The van der Waals surface area contributed by atoms with Gasteiger partial charge in [0.2, 0.25) is 11.8 Å². The van der Waals surface area contributed by atoms with Gasteiger partial charge in [-0.1, -0.05) is 18.6 Å². The van der Waals surface area contributed by atoms with Gasteiger partial charge in [-0.25, -0.2) is 0 Å². The Hall–Kier alpha value is -3.36. The molecule has 2 fully saturated rings. The van der Waals surface area contributed by atoms with Crippen LogP contribution in [0.1, 0.15) is 42.7 Å². The van der Waals surface area contributed by atoms with E-state index in [4.69, 9.17) is 9.15 Å². The molecule has 0 N–H and O–H groups in total. The molecule has 9 nitrogen and oxygen atoms in total. The van der Waals surface area contributed by atoms with Crippen LogP contribution in [0.15, 0.2) is 47.2 Å². The minimum absolute atomic E-state index is 0.0783. The average molecular weight is 470 g/mol. The maximum absolute atomic E-state index is 13.5. The maximum atomic E-state index is 13.5. The van der Waals surface area contributed by atoms with E-state index in [1.807, 2.05) is 6.08 Å². The first kappa shape index (κ1) is 23.8. The number of rotatable bonds is 6. The molecule has 1 aromatic heterocycles. The fraction of sp³-hybridized carbons (Fsp3) is 0.520. The molecule has 1 aromatic rings. The molecule has 0 unspecified atom stereocenters. The monoisotopic (exact) mass is 469 g/mol. The zero-order valence-corrected chi connectivity index (χ0v) is 19.5. The highest BCUT2D eigenvalue weighted by molar-refractivity contribution is 5.99. The number of carbonyl (C=O) groups excluding carboxylic acids is 4. The topological polar surface area (TPSA) is 100 Å². The van der Waals surface area contributed by atoms with Gasteiger partial charge in [0.05, 0.1) is 19.3 Å². The van der Waals surface area contributed by atoms with E-state index < -0.39 is 17.3 Å². The van der Waals surface area contributed by atoms with Crippen molar-refractivity contribution in [2.24, 2.45) is 11.3 Å². The van der Waals surface area contributed by atoms with Gasteiger partial charge in [0.15, 0.2) is 5.76 Å². The molecule has 3 amide bonds. The van der Waals surface area contributed by atoms with Crippen molar-refractivity contribution >= 4 is 23.7 Å². The number of esters is 1. The highest BCUT2D eigenvalue weighted by Crippen LogP contribution is 2.53. The van der Waals surface area contributed by atoms with Gasteiger partial charge in [-0.05, 0) is 31.4 Å². The number of ether oxygens (including phenoxy) is 1. The Kier molecular flexibility index (Phi) is 6.90. The Bertz CT molecular complexity index is 992. The van der Waals surface area contributed by atoms with E-state index in [-0.39, 0.29) is 36.4 Å². The number of hydrogen-bond donors (Lipinski definition) is 0. The van der Waals surface area contributed by atoms with Crippen LogP contribution in [0.25, 0.3) is 0 Å². The van der Waals surface area contributed by atoms with Crippen LogP contribution in [0.2, 0.25) is 0 Å². The highest BCUT2D eigenvalue weighted by atomic mass is 16.5. The van der Waals surface area contributed by atoms with Gasteiger partial charge in [0.25, 0.3) is 5.91 Å². The zero-order chi connectivity index (χ0) is 24.3. The van der Waals surface area contributed by atoms with E-state index in [0.717, 1.165) is 19.3 Å². The van der Waals surface area contributed by atoms with Crippen LogP contribution in [-0.2, 0) is 19.1 Å². The van der Waals surface area contributed by atoms with E-state index >= 15 is 0 Å². The van der Waals surface area contributed by atoms with Crippen molar-refractivity contribution < 1.29 is 28.3 Å². The number of nitrogens with zero attached hydrogens (tertiary/aromatic N) is 3. The van der Waals surface area contributed by atoms with E-state index in [2.05, 4.69) is 6.58 Å². The van der Waals surface area contributed by atoms with Crippen LogP contribution < -0.4 is 0 Å². The Balaban J connectivity index is 1.51. The summed E-state index contributed by atoms with van der Waals surface area (Å²) in [6.07, 6.45) is 7.86. The Morgan fingerprint density at radius 2 is 1.94 bits per heavy atom. The van der Waals surface area contributed by atoms with Gasteiger partial charge < -0.3 is 23.9 Å². The number of fused-ring (bicyclic) bond motifs is 1. The molecule has 4 rings (SSSR count). The number of carbonyl (C=O) groups is 4. The SMILES string of the molecule is C=CCN1C(=O)[C@@H](CC(=O)N2CCN(C(=O)c3ccco3)CC2)[C@]2(C(=O)OC)CCCCC=C12. The number of likely N-dealkylation sites (tertiary alicyclic amines) is 1. The van der Waals surface area contributed by atoms with Crippen LogP contribution in [0.4, 0.5) is 0 Å². The predicted octanol–water partition coefficient (Wildman–Crippen LogP) is 2.22. The van der Waals surface area contributed by atoms with Crippen molar-refractivity contribution in [2.75, 3.05) is 39.8 Å². The minimum Gasteiger partial charge on any atom is -0.468 e. The average Bonchev–Trinajstić information content (AvgIpc) is 3.39. The van der Waals surface area contributed by atoms with Crippen LogP contribution >= 0.6 is 0 Å². The number of amides is 3. The summed E-state index contributed by atoms with van der Waals surface area (Å²) in [7, 11) is 1.33. The lowest BCUT2D eigenvalue weighted by Gasteiger charge is -2.36. The Labute approximate surface area is 199 Å². The van der Waals surface area contributed by atoms with Gasteiger partial charge in [-0.2, -0.15) is 0 Å². The molecule has 9 heteroatoms. The summed E-state index contributed by atoms with van der Waals surface area (Å²) >= 11 is 0. The summed E-state index contributed by atoms with van der Waals surface area (Å²) in [6.45, 7) is 5.50. The summed E-state index contributed by atoms with van der Waals surface area (Å²) in [5.41, 5.74) is -0.508. The van der Waals surface area contributed by atoms with E-state index in [9.17, 15) is 19.2 Å². The third-order valence-corrected chi connectivity index (χ3v) is 7.16. The fourth-order valence-corrected chi connectivity index (χ4v) is 5.45. The molecule has 0 bridgehead atoms. The Morgan fingerprint density at radius 3 is 2.59 bits per heavy atom. The largest absolute Gasteiger partial charge is 0.468 e. The molecule has 0 saturated carbocycles. The van der Waals surface area contributed by atoms with Crippen molar-refractivity contribution in [1.82, 2.24) is 14.7 Å². The normalized spacial score (nSPS) is 24.9. The lowest BCUT2D eigenvalue weighted by Crippen LogP contribution is -2.51. The molecule has 2 aliphatic heterocycles. The number of allylic oxidation sites excluding steroid dienone is 1. The fourth-order valence-electron chi connectivity index (χ4n) is 5.45. The standard InChI is InChI=1S/C25H31N3O6/c1-3-11-28-20-9-5-4-6-10-25(20,24(32)33-2)18(22(28)30)17-21(29)26-12-14-27(15-13-26)23(31)19-8-7-16-34-19/h3,7-9,16,18H,1,4-6,10-15,17H2,2H3/t18-,25-/m1/s1. The van der Waals surface area contributed by atoms with Crippen molar-refractivity contribution in [1.29, 1.82) is 0 Å². The summed E-state index contributed by atoms with van der Waals surface area (Å²) < 4.78 is 10.4. The van der Waals surface area contributed by atoms with Gasteiger partial charge in [0, 0.05) is 44.8 Å². The van der Waals surface area contributed by atoms with Crippen LogP contribution in [0, 0.1) is 11.3 Å². The van der Waals surface area contributed by atoms with E-state index in [1.54, 1.807) is 32.9 Å². The first-order valence-electron chi connectivity index (χ1n) is 11.8. The molecule has 0 radical (unpaired) electrons. The van der Waals surface area contributed by atoms with Crippen molar-refractivity contribution in [2.45, 2.75) is 32.1 Å². The third-order valence-electron chi connectivity index (χ3n) is 7.16. The van der Waals surface area contributed by atoms with Crippen molar-refractivity contribution in [3.05, 3.63) is 48.6 Å². The Morgan fingerprint density at radius 1 is 1.21 bits per heavy atom. The van der Waals surface area contributed by atoms with E-state index in [0.29, 0.717) is 38.3 Å². The molecular formula is C25H31N3O6. The quantitative estimate of drug-likeness (QED) is 0.468. The minimum atomic E-state index is -1.15. The maximum Gasteiger partial charge on any atom is 0.318 e. The number of methoxy groups -OCH3 is 1. The van der Waals surface area contributed by atoms with Gasteiger partial charge in [0.1, 0.15) is 5.41 Å². The van der Waals surface area contributed by atoms with Gasteiger partial charge in [-0.15, -0.1) is 6.58 Å². The first-order chi connectivity index (χ1) is 16.4. The number of hydrogen-bond acceptors (Lipinski definition) is 6. The molecule has 182 valence electrons. The van der Waals surface area contributed by atoms with Gasteiger partial charge >= 0.3 is 5.97 Å². The van der Waals surface area contributed by atoms with Crippen molar-refractivity contribution in [3.63, 3.8) is 0 Å². The first-order valence-corrected chi connectivity index (χ1v) is 11.8. The molecule has 2 atom stereocenters. The highest BCUT2D eigenvalue weighted by Gasteiger charge is 2.61. The van der Waals surface area contributed by atoms with E-state index in [1.165, 1.54) is 13.4 Å². The molecule has 3 heterocycles. The molecule has 0 spiro atoms. The van der Waals surface area contributed by atoms with Crippen LogP contribution in [0.5, 0.6) is 0 Å². The predicted molar refractivity (Wildman–Crippen MR) is 122 cm³/mol. The van der Waals surface area contributed by atoms with Gasteiger partial charge in [-0.3, -0.25) is 19.2 Å². The number of furan rings is 1. The summed E-state index contributed by atoms with van der Waals surface area (Å²) in [5, 5.41) is 0. The zero-order valence-electron chi connectivity index (χ0n) is 19.5. The molecule has 0 aromatic carbocycles. The second-order valence-corrected chi connectivity index (χ2v) is 8.94. The lowest BCUT2D eigenvalue weighted by molar-refractivity contribution is -0.156. The smallest absolute Gasteiger partial charge is 0.318 e. The number of piperazine rings is 1. The second-order valence-electron chi connectivity index (χ2n) is 8.94. The molecule has 1 aliphatic carbocycles.